The Hall–Kier alpha value is 0.01000. The summed E-state index contributed by atoms with van der Waals surface area (Å²) in [5, 5.41) is 3.26. The molecule has 0 saturated heterocycles. The van der Waals surface area contributed by atoms with Gasteiger partial charge in [-0.2, -0.15) is 0 Å². The van der Waals surface area contributed by atoms with E-state index in [1.807, 2.05) is 18.8 Å². The van der Waals surface area contributed by atoms with Gasteiger partial charge in [-0.25, -0.2) is 0 Å². The first kappa shape index (κ1) is 14.1. The average molecular weight is 302 g/mol. The molecule has 1 aromatic carbocycles. The number of hydrogen-bond donors (Lipinski definition) is 1. The van der Waals surface area contributed by atoms with E-state index in [2.05, 4.69) is 53.3 Å². The van der Waals surface area contributed by atoms with Crippen molar-refractivity contribution in [2.75, 3.05) is 12.8 Å². The second-order valence-electron chi connectivity index (χ2n) is 3.90. The molecular formula is C13H20BrNS. The SMILES string of the molecule is CCCCSc1ccc(C(C)NC)c(Br)c1. The second kappa shape index (κ2) is 7.36. The first-order valence-electron chi connectivity index (χ1n) is 5.78. The Kier molecular flexibility index (Phi) is 6.47. The number of rotatable bonds is 6. The van der Waals surface area contributed by atoms with E-state index in [4.69, 9.17) is 0 Å². The molecule has 0 aliphatic rings. The van der Waals surface area contributed by atoms with E-state index >= 15 is 0 Å². The van der Waals surface area contributed by atoms with Crippen LogP contribution in [0.1, 0.15) is 38.3 Å². The van der Waals surface area contributed by atoms with Crippen LogP contribution in [0.4, 0.5) is 0 Å². The van der Waals surface area contributed by atoms with E-state index in [1.54, 1.807) is 0 Å². The maximum absolute atomic E-state index is 3.64. The van der Waals surface area contributed by atoms with E-state index in [9.17, 15) is 0 Å². The summed E-state index contributed by atoms with van der Waals surface area (Å²) in [6.45, 7) is 4.40. The number of nitrogens with one attached hydrogen (secondary N) is 1. The number of benzene rings is 1. The van der Waals surface area contributed by atoms with Gasteiger partial charge in [0.15, 0.2) is 0 Å². The largest absolute Gasteiger partial charge is 0.313 e. The fraction of sp³-hybridized carbons (Fsp3) is 0.538. The van der Waals surface area contributed by atoms with Crippen molar-refractivity contribution in [1.82, 2.24) is 5.32 Å². The van der Waals surface area contributed by atoms with Crippen LogP contribution in [0, 0.1) is 0 Å². The molecule has 1 unspecified atom stereocenters. The lowest BCUT2D eigenvalue weighted by Gasteiger charge is -2.13. The van der Waals surface area contributed by atoms with Gasteiger partial charge in [-0.05, 0) is 43.8 Å². The third-order valence-corrected chi connectivity index (χ3v) is 4.40. The normalized spacial score (nSPS) is 12.8. The zero-order valence-electron chi connectivity index (χ0n) is 10.2. The molecule has 1 nitrogen and oxygen atoms in total. The van der Waals surface area contributed by atoms with Crippen LogP contribution in [0.25, 0.3) is 0 Å². The van der Waals surface area contributed by atoms with Crippen molar-refractivity contribution >= 4 is 27.7 Å². The quantitative estimate of drug-likeness (QED) is 0.608. The summed E-state index contributed by atoms with van der Waals surface area (Å²) >= 11 is 5.58. The van der Waals surface area contributed by atoms with Crippen molar-refractivity contribution in [2.24, 2.45) is 0 Å². The first-order chi connectivity index (χ1) is 7.69. The molecule has 0 aliphatic heterocycles. The van der Waals surface area contributed by atoms with Crippen LogP contribution < -0.4 is 5.32 Å². The van der Waals surface area contributed by atoms with Crippen LogP contribution in [-0.4, -0.2) is 12.8 Å². The highest BCUT2D eigenvalue weighted by molar-refractivity contribution is 9.10. The molecule has 1 N–H and O–H groups in total. The number of halogens is 1. The third-order valence-electron chi connectivity index (χ3n) is 2.64. The van der Waals surface area contributed by atoms with Crippen LogP contribution in [0.15, 0.2) is 27.6 Å². The number of unbranched alkanes of at least 4 members (excludes halogenated alkanes) is 1. The monoisotopic (exact) mass is 301 g/mol. The van der Waals surface area contributed by atoms with Gasteiger partial charge in [0, 0.05) is 15.4 Å². The molecule has 0 aliphatic carbocycles. The maximum Gasteiger partial charge on any atom is 0.0300 e. The van der Waals surface area contributed by atoms with Crippen molar-refractivity contribution in [2.45, 2.75) is 37.6 Å². The highest BCUT2D eigenvalue weighted by Gasteiger charge is 2.07. The molecule has 0 aromatic heterocycles. The van der Waals surface area contributed by atoms with Gasteiger partial charge < -0.3 is 5.32 Å². The zero-order chi connectivity index (χ0) is 12.0. The van der Waals surface area contributed by atoms with Crippen molar-refractivity contribution in [3.05, 3.63) is 28.2 Å². The topological polar surface area (TPSA) is 12.0 Å². The highest BCUT2D eigenvalue weighted by Crippen LogP contribution is 2.29. The molecule has 90 valence electrons. The summed E-state index contributed by atoms with van der Waals surface area (Å²) in [5.41, 5.74) is 1.32. The van der Waals surface area contributed by atoms with Gasteiger partial charge in [-0.3, -0.25) is 0 Å². The molecule has 0 heterocycles. The highest BCUT2D eigenvalue weighted by atomic mass is 79.9. The standard InChI is InChI=1S/C13H20BrNS/c1-4-5-8-16-11-6-7-12(10(2)15-3)13(14)9-11/h6-7,9-10,15H,4-5,8H2,1-3H3. The van der Waals surface area contributed by atoms with Gasteiger partial charge in [-0.15, -0.1) is 11.8 Å². The third kappa shape index (κ3) is 4.11. The number of hydrogen-bond acceptors (Lipinski definition) is 2. The summed E-state index contributed by atoms with van der Waals surface area (Å²) < 4.78 is 1.20. The Bertz CT molecular complexity index is 328. The molecular weight excluding hydrogens is 282 g/mol. The second-order valence-corrected chi connectivity index (χ2v) is 5.92. The molecule has 0 fully saturated rings. The molecule has 1 aromatic rings. The summed E-state index contributed by atoms with van der Waals surface area (Å²) in [6.07, 6.45) is 2.56. The Morgan fingerprint density at radius 2 is 2.19 bits per heavy atom. The van der Waals surface area contributed by atoms with Crippen LogP contribution in [0.5, 0.6) is 0 Å². The van der Waals surface area contributed by atoms with Crippen molar-refractivity contribution in [3.63, 3.8) is 0 Å². The average Bonchev–Trinajstić information content (AvgIpc) is 2.29. The molecule has 1 rings (SSSR count). The van der Waals surface area contributed by atoms with Gasteiger partial charge in [0.05, 0.1) is 0 Å². The van der Waals surface area contributed by atoms with Gasteiger partial charge in [-0.1, -0.05) is 35.3 Å². The predicted molar refractivity (Wildman–Crippen MR) is 77.2 cm³/mol. The Morgan fingerprint density at radius 1 is 1.44 bits per heavy atom. The summed E-state index contributed by atoms with van der Waals surface area (Å²) in [6, 6.07) is 7.04. The maximum atomic E-state index is 3.64. The van der Waals surface area contributed by atoms with Crippen LogP contribution in [0.2, 0.25) is 0 Å². The van der Waals surface area contributed by atoms with E-state index in [0.29, 0.717) is 6.04 Å². The first-order valence-corrected chi connectivity index (χ1v) is 7.56. The zero-order valence-corrected chi connectivity index (χ0v) is 12.6. The van der Waals surface area contributed by atoms with Gasteiger partial charge in [0.2, 0.25) is 0 Å². The van der Waals surface area contributed by atoms with Crippen LogP contribution in [-0.2, 0) is 0 Å². The summed E-state index contributed by atoms with van der Waals surface area (Å²) in [7, 11) is 1.99. The summed E-state index contributed by atoms with van der Waals surface area (Å²) in [5.74, 6) is 1.21. The van der Waals surface area contributed by atoms with Crippen LogP contribution in [0.3, 0.4) is 0 Å². The lowest BCUT2D eigenvalue weighted by Crippen LogP contribution is -2.12. The molecule has 0 amide bonds. The fourth-order valence-corrected chi connectivity index (χ4v) is 3.35. The molecule has 3 heteroatoms. The summed E-state index contributed by atoms with van der Waals surface area (Å²) in [4.78, 5) is 1.35. The minimum Gasteiger partial charge on any atom is -0.313 e. The van der Waals surface area contributed by atoms with Gasteiger partial charge >= 0.3 is 0 Å². The van der Waals surface area contributed by atoms with Gasteiger partial charge in [0.25, 0.3) is 0 Å². The van der Waals surface area contributed by atoms with E-state index in [1.165, 1.54) is 33.5 Å². The lowest BCUT2D eigenvalue weighted by atomic mass is 10.1. The van der Waals surface area contributed by atoms with Crippen molar-refractivity contribution < 1.29 is 0 Å². The Balaban J connectivity index is 2.67. The molecule has 0 bridgehead atoms. The fourth-order valence-electron chi connectivity index (χ4n) is 1.44. The van der Waals surface area contributed by atoms with Crippen molar-refractivity contribution in [3.8, 4) is 0 Å². The van der Waals surface area contributed by atoms with Gasteiger partial charge in [0.1, 0.15) is 0 Å². The molecule has 0 saturated carbocycles. The van der Waals surface area contributed by atoms with E-state index in [0.717, 1.165) is 0 Å². The molecule has 0 radical (unpaired) electrons. The molecule has 1 atom stereocenters. The minimum atomic E-state index is 0.393. The smallest absolute Gasteiger partial charge is 0.0300 e. The van der Waals surface area contributed by atoms with E-state index < -0.39 is 0 Å². The number of thioether (sulfide) groups is 1. The van der Waals surface area contributed by atoms with E-state index in [-0.39, 0.29) is 0 Å². The molecule has 16 heavy (non-hydrogen) atoms. The Labute approximate surface area is 112 Å². The molecule has 0 spiro atoms. The lowest BCUT2D eigenvalue weighted by molar-refractivity contribution is 0.649. The van der Waals surface area contributed by atoms with Crippen LogP contribution >= 0.6 is 27.7 Å². The predicted octanol–water partition coefficient (Wildman–Crippen LogP) is 4.62. The van der Waals surface area contributed by atoms with Crippen molar-refractivity contribution in [1.29, 1.82) is 0 Å². The minimum absolute atomic E-state index is 0.393. The Morgan fingerprint density at radius 3 is 2.75 bits per heavy atom.